The van der Waals surface area contributed by atoms with Crippen LogP contribution in [0.2, 0.25) is 10.0 Å². The van der Waals surface area contributed by atoms with Crippen molar-refractivity contribution in [1.29, 1.82) is 0 Å². The zero-order valence-corrected chi connectivity index (χ0v) is 20.2. The van der Waals surface area contributed by atoms with Crippen molar-refractivity contribution >= 4 is 29.1 Å². The monoisotopic (exact) mass is 497 g/mol. The third kappa shape index (κ3) is 4.50. The number of carbonyl (C=O) groups excluding carboxylic acids is 1. The van der Waals surface area contributed by atoms with Gasteiger partial charge in [-0.1, -0.05) is 53.5 Å². The SMILES string of the molecule is C=CC[C@H]1O[C@H](c2cccc(Cl)c2)[C@H](c2ccc(Cl)cc2)N([C@H](c2nnc(C)o2)C2CC2)C1=O. The number of morpholine rings is 1. The van der Waals surface area contributed by atoms with Crippen LogP contribution in [0.5, 0.6) is 0 Å². The fourth-order valence-corrected chi connectivity index (χ4v) is 5.03. The molecule has 5 rings (SSSR count). The fraction of sp³-hybridized carbons (Fsp3) is 0.346. The molecule has 0 radical (unpaired) electrons. The second kappa shape index (κ2) is 9.53. The van der Waals surface area contributed by atoms with Gasteiger partial charge in [0.2, 0.25) is 11.8 Å². The van der Waals surface area contributed by atoms with Crippen LogP contribution in [0.4, 0.5) is 0 Å². The molecule has 2 heterocycles. The van der Waals surface area contributed by atoms with Crippen molar-refractivity contribution in [2.45, 2.75) is 50.5 Å². The number of benzene rings is 2. The van der Waals surface area contributed by atoms with E-state index < -0.39 is 18.2 Å². The van der Waals surface area contributed by atoms with Gasteiger partial charge in [0.1, 0.15) is 18.2 Å². The maximum Gasteiger partial charge on any atom is 0.253 e. The zero-order valence-electron chi connectivity index (χ0n) is 18.7. The number of amides is 1. The van der Waals surface area contributed by atoms with Gasteiger partial charge in [-0.15, -0.1) is 16.8 Å². The van der Waals surface area contributed by atoms with E-state index >= 15 is 0 Å². The largest absolute Gasteiger partial charge is 0.423 e. The summed E-state index contributed by atoms with van der Waals surface area (Å²) < 4.78 is 12.4. The maximum absolute atomic E-state index is 14.0. The van der Waals surface area contributed by atoms with Crippen LogP contribution >= 0.6 is 23.2 Å². The highest BCUT2D eigenvalue weighted by Crippen LogP contribution is 2.52. The molecule has 176 valence electrons. The summed E-state index contributed by atoms with van der Waals surface area (Å²) in [6.07, 6.45) is 2.92. The van der Waals surface area contributed by atoms with Crippen molar-refractivity contribution in [3.8, 4) is 0 Å². The Morgan fingerprint density at radius 3 is 2.50 bits per heavy atom. The number of carbonyl (C=O) groups is 1. The van der Waals surface area contributed by atoms with E-state index in [0.717, 1.165) is 24.0 Å². The first kappa shape index (κ1) is 23.1. The van der Waals surface area contributed by atoms with E-state index in [1.54, 1.807) is 13.0 Å². The smallest absolute Gasteiger partial charge is 0.253 e. The Morgan fingerprint density at radius 1 is 1.12 bits per heavy atom. The second-order valence-electron chi connectivity index (χ2n) is 8.81. The van der Waals surface area contributed by atoms with E-state index in [9.17, 15) is 4.79 Å². The lowest BCUT2D eigenvalue weighted by Crippen LogP contribution is -2.52. The van der Waals surface area contributed by atoms with Crippen LogP contribution < -0.4 is 0 Å². The second-order valence-corrected chi connectivity index (χ2v) is 9.68. The highest BCUT2D eigenvalue weighted by molar-refractivity contribution is 6.30. The lowest BCUT2D eigenvalue weighted by molar-refractivity contribution is -0.181. The van der Waals surface area contributed by atoms with Crippen LogP contribution in [-0.4, -0.2) is 27.1 Å². The number of ether oxygens (including phenoxy) is 1. The van der Waals surface area contributed by atoms with Crippen molar-refractivity contribution < 1.29 is 13.9 Å². The van der Waals surface area contributed by atoms with Crippen LogP contribution in [0, 0.1) is 12.8 Å². The molecule has 1 amide bonds. The van der Waals surface area contributed by atoms with Gasteiger partial charge in [0.15, 0.2) is 0 Å². The summed E-state index contributed by atoms with van der Waals surface area (Å²) in [6, 6.07) is 14.3. The average Bonchev–Trinajstić information content (AvgIpc) is 3.57. The number of nitrogens with zero attached hydrogens (tertiary/aromatic N) is 3. The number of aryl methyl sites for hydroxylation is 1. The van der Waals surface area contributed by atoms with E-state index in [1.165, 1.54) is 0 Å². The van der Waals surface area contributed by atoms with Crippen LogP contribution in [0.1, 0.15) is 60.4 Å². The topological polar surface area (TPSA) is 68.5 Å². The normalized spacial score (nSPS) is 23.7. The third-order valence-electron chi connectivity index (χ3n) is 6.36. The highest BCUT2D eigenvalue weighted by atomic mass is 35.5. The summed E-state index contributed by atoms with van der Waals surface area (Å²) in [5.74, 6) is 1.04. The van der Waals surface area contributed by atoms with E-state index in [2.05, 4.69) is 16.8 Å². The average molecular weight is 498 g/mol. The molecule has 4 atom stereocenters. The molecule has 1 aliphatic heterocycles. The molecule has 34 heavy (non-hydrogen) atoms. The molecular formula is C26H25Cl2N3O3. The van der Waals surface area contributed by atoms with Gasteiger partial charge in [-0.2, -0.15) is 0 Å². The van der Waals surface area contributed by atoms with E-state index in [4.69, 9.17) is 32.4 Å². The van der Waals surface area contributed by atoms with Crippen LogP contribution in [0.15, 0.2) is 65.6 Å². The van der Waals surface area contributed by atoms with E-state index in [-0.39, 0.29) is 17.9 Å². The molecule has 3 aromatic rings. The lowest BCUT2D eigenvalue weighted by Gasteiger charge is -2.47. The molecular weight excluding hydrogens is 473 g/mol. The number of hydrogen-bond donors (Lipinski definition) is 0. The minimum atomic E-state index is -0.685. The molecule has 1 aliphatic carbocycles. The third-order valence-corrected chi connectivity index (χ3v) is 6.85. The van der Waals surface area contributed by atoms with Gasteiger partial charge in [-0.25, -0.2) is 0 Å². The van der Waals surface area contributed by atoms with Crippen LogP contribution in [-0.2, 0) is 9.53 Å². The minimum absolute atomic E-state index is 0.120. The van der Waals surface area contributed by atoms with Gasteiger partial charge in [0.25, 0.3) is 5.91 Å². The van der Waals surface area contributed by atoms with Crippen molar-refractivity contribution in [2.24, 2.45) is 5.92 Å². The van der Waals surface area contributed by atoms with Gasteiger partial charge >= 0.3 is 0 Å². The van der Waals surface area contributed by atoms with Gasteiger partial charge in [-0.3, -0.25) is 4.79 Å². The van der Waals surface area contributed by atoms with Gasteiger partial charge in [-0.05, 0) is 54.2 Å². The molecule has 6 nitrogen and oxygen atoms in total. The Balaban J connectivity index is 1.69. The van der Waals surface area contributed by atoms with E-state index in [1.807, 2.05) is 53.4 Å². The molecule has 8 heteroatoms. The van der Waals surface area contributed by atoms with Crippen molar-refractivity contribution in [2.75, 3.05) is 0 Å². The highest BCUT2D eigenvalue weighted by Gasteiger charge is 2.52. The molecule has 0 unspecified atom stereocenters. The predicted octanol–water partition coefficient (Wildman–Crippen LogP) is 6.42. The minimum Gasteiger partial charge on any atom is -0.423 e. The first-order valence-corrected chi connectivity index (χ1v) is 12.1. The summed E-state index contributed by atoms with van der Waals surface area (Å²) in [5, 5.41) is 9.60. The standard InChI is InChI=1S/C26H25Cl2N3O3/c1-3-5-21-26(32)31(23(17-8-9-17)25-30-29-15(2)33-25)22(16-10-12-19(27)13-11-16)24(34-21)18-6-4-7-20(28)14-18/h3-4,6-7,10-14,17,21-24H,1,5,8-9H2,2H3/t21-,22+,23+,24-/m1/s1. The quantitative estimate of drug-likeness (QED) is 0.352. The number of hydrogen-bond acceptors (Lipinski definition) is 5. The van der Waals surface area contributed by atoms with Gasteiger partial charge in [0.05, 0.1) is 6.04 Å². The Hall–Kier alpha value is -2.67. The molecule has 0 spiro atoms. The van der Waals surface area contributed by atoms with Gasteiger partial charge in [0, 0.05) is 23.4 Å². The maximum atomic E-state index is 14.0. The summed E-state index contributed by atoms with van der Waals surface area (Å²) in [6.45, 7) is 5.60. The van der Waals surface area contributed by atoms with Crippen molar-refractivity contribution in [3.63, 3.8) is 0 Å². The Labute approximate surface area is 208 Å². The molecule has 2 aliphatic rings. The molecule has 2 aromatic carbocycles. The lowest BCUT2D eigenvalue weighted by atomic mass is 9.89. The molecule has 1 aromatic heterocycles. The molecule has 0 N–H and O–H groups in total. The van der Waals surface area contributed by atoms with Crippen molar-refractivity contribution in [1.82, 2.24) is 15.1 Å². The number of aromatic nitrogens is 2. The number of halogens is 2. The zero-order chi connectivity index (χ0) is 23.8. The van der Waals surface area contributed by atoms with E-state index in [0.29, 0.717) is 28.2 Å². The Bertz CT molecular complexity index is 1190. The predicted molar refractivity (Wildman–Crippen MR) is 129 cm³/mol. The van der Waals surface area contributed by atoms with Crippen LogP contribution in [0.3, 0.4) is 0 Å². The molecule has 1 saturated carbocycles. The molecule has 2 fully saturated rings. The number of rotatable bonds is 7. The Kier molecular flexibility index (Phi) is 6.47. The summed E-state index contributed by atoms with van der Waals surface area (Å²) in [7, 11) is 0. The summed E-state index contributed by atoms with van der Waals surface area (Å²) in [4.78, 5) is 15.9. The van der Waals surface area contributed by atoms with Crippen LogP contribution in [0.25, 0.3) is 0 Å². The molecule has 1 saturated heterocycles. The van der Waals surface area contributed by atoms with Gasteiger partial charge < -0.3 is 14.1 Å². The summed E-state index contributed by atoms with van der Waals surface area (Å²) >= 11 is 12.6. The first-order valence-electron chi connectivity index (χ1n) is 11.4. The van der Waals surface area contributed by atoms with Crippen molar-refractivity contribution in [3.05, 3.63) is 94.1 Å². The fourth-order valence-electron chi connectivity index (χ4n) is 4.71. The first-order chi connectivity index (χ1) is 16.5. The Morgan fingerprint density at radius 2 is 1.88 bits per heavy atom. The summed E-state index contributed by atoms with van der Waals surface area (Å²) in [5.41, 5.74) is 1.79. The molecule has 0 bridgehead atoms.